The molecular weight excluding hydrogens is 1310 g/mol. The Morgan fingerprint density at radius 2 is 0.520 bits per heavy atom. The molecule has 578 valence electrons. The fourth-order valence-corrected chi connectivity index (χ4v) is 12.2. The molecule has 0 saturated heterocycles. The summed E-state index contributed by atoms with van der Waals surface area (Å²) >= 11 is 0. The fraction of sp³-hybridized carbons (Fsp3) is 0.753. The summed E-state index contributed by atoms with van der Waals surface area (Å²) in [6.45, 7) is 4.64. The molecule has 17 nitrogen and oxygen atoms in total. The molecular formula is C81H142O17P2. The molecule has 0 amide bonds. The van der Waals surface area contributed by atoms with Crippen LogP contribution >= 0.6 is 15.6 Å². The van der Waals surface area contributed by atoms with Gasteiger partial charge in [0.1, 0.15) is 19.3 Å². The Kier molecular flexibility index (Phi) is 70.4. The average molecular weight is 1450 g/mol. The van der Waals surface area contributed by atoms with Crippen molar-refractivity contribution in [1.29, 1.82) is 0 Å². The Morgan fingerprint density at radius 3 is 0.810 bits per heavy atom. The van der Waals surface area contributed by atoms with Crippen LogP contribution in [0.5, 0.6) is 0 Å². The number of phosphoric acid groups is 2. The summed E-state index contributed by atoms with van der Waals surface area (Å²) in [6.07, 6.45) is 76.8. The molecule has 0 radical (unpaired) electrons. The van der Waals surface area contributed by atoms with Gasteiger partial charge in [-0.2, -0.15) is 0 Å². The van der Waals surface area contributed by atoms with Gasteiger partial charge in [0.2, 0.25) is 0 Å². The zero-order valence-corrected chi connectivity index (χ0v) is 64.9. The maximum Gasteiger partial charge on any atom is 0.472 e. The van der Waals surface area contributed by atoms with E-state index in [1.165, 1.54) is 89.9 Å². The molecule has 0 aliphatic rings. The van der Waals surface area contributed by atoms with Gasteiger partial charge in [0.15, 0.2) is 12.2 Å². The summed E-state index contributed by atoms with van der Waals surface area (Å²) in [5.41, 5.74) is 0. The standard InChI is InChI=1S/C81H142O17P2/c1-5-9-13-17-21-25-29-32-34-36-37-39-41-44-47-50-54-58-62-66-79(84)92-72-77(98-81(86)68-64-60-56-52-48-42-31-27-23-19-15-11-7-3)74-96-100(89,90)94-70-75(82)69-93-99(87,88)95-73-76(97-80(85)67-63-59-55-51-45-28-24-20-16-12-8-4)71-91-78(83)65-61-57-53-49-46-43-40-38-35-33-30-26-22-18-14-10-6-2/h9-10,13-14,21-22,25-26,32-35,37,39,44,47,75-77,82H,5-8,11-12,15-20,23-24,27-31,36,38,40-43,45-46,48-74H2,1-4H3,(H,87,88)(H,89,90)/b13-9-,14-10-,25-21-,26-22-,34-32-,35-33-,39-37-,47-44-. The maximum atomic E-state index is 13.1. The zero-order valence-electron chi connectivity index (χ0n) is 63.1. The average Bonchev–Trinajstić information content (AvgIpc) is 0.940. The highest BCUT2D eigenvalue weighted by molar-refractivity contribution is 7.47. The summed E-state index contributed by atoms with van der Waals surface area (Å²) in [5.74, 6) is -2.20. The molecule has 5 unspecified atom stereocenters. The first-order valence-corrected chi connectivity index (χ1v) is 42.5. The Hall–Kier alpha value is -4.02. The number of allylic oxidation sites excluding steroid dienone is 16. The highest BCUT2D eigenvalue weighted by Crippen LogP contribution is 2.45. The van der Waals surface area contributed by atoms with Gasteiger partial charge in [-0.3, -0.25) is 37.3 Å². The number of carbonyl (C=O) groups is 4. The smallest absolute Gasteiger partial charge is 0.462 e. The molecule has 0 aliphatic carbocycles. The molecule has 100 heavy (non-hydrogen) atoms. The SMILES string of the molecule is CC/C=C\C/C=C\C/C=C\C/C=C\C/C=C\CCCCCC(=O)OCC(COP(=O)(O)OCC(O)COP(=O)(O)OCC(COC(=O)CCCCCCCCC/C=C\C/C=C\C/C=C\CC)OC(=O)CCCCCCCCCCCCC)OC(=O)CCCCCCCCCCCCCCC. The minimum Gasteiger partial charge on any atom is -0.462 e. The van der Waals surface area contributed by atoms with Crippen LogP contribution in [-0.4, -0.2) is 96.7 Å². The van der Waals surface area contributed by atoms with Crippen LogP contribution in [0.3, 0.4) is 0 Å². The number of phosphoric ester groups is 2. The van der Waals surface area contributed by atoms with Crippen LogP contribution < -0.4 is 0 Å². The molecule has 0 heterocycles. The minimum atomic E-state index is -4.98. The Labute approximate surface area is 607 Å². The number of unbranched alkanes of at least 4 members (excludes halogenated alkanes) is 32. The van der Waals surface area contributed by atoms with Gasteiger partial charge in [-0.05, 0) is 103 Å². The van der Waals surface area contributed by atoms with Crippen molar-refractivity contribution in [2.24, 2.45) is 0 Å². The largest absolute Gasteiger partial charge is 0.472 e. The van der Waals surface area contributed by atoms with E-state index in [0.29, 0.717) is 25.7 Å². The van der Waals surface area contributed by atoms with Crippen LogP contribution in [0.15, 0.2) is 97.2 Å². The molecule has 0 saturated carbocycles. The quantitative estimate of drug-likeness (QED) is 0.0169. The van der Waals surface area contributed by atoms with Crippen molar-refractivity contribution in [3.05, 3.63) is 97.2 Å². The second kappa shape index (κ2) is 73.3. The predicted octanol–water partition coefficient (Wildman–Crippen LogP) is 22.8. The van der Waals surface area contributed by atoms with E-state index in [2.05, 4.69) is 125 Å². The van der Waals surface area contributed by atoms with E-state index in [1.54, 1.807) is 0 Å². The minimum absolute atomic E-state index is 0.0907. The predicted molar refractivity (Wildman–Crippen MR) is 409 cm³/mol. The number of carbonyl (C=O) groups excluding carboxylic acids is 4. The van der Waals surface area contributed by atoms with E-state index in [9.17, 15) is 43.2 Å². The van der Waals surface area contributed by atoms with Crippen molar-refractivity contribution in [3.8, 4) is 0 Å². The number of aliphatic hydroxyl groups excluding tert-OH is 1. The molecule has 0 rings (SSSR count). The van der Waals surface area contributed by atoms with Gasteiger partial charge in [0, 0.05) is 25.7 Å². The first-order chi connectivity index (χ1) is 48.7. The molecule has 0 aromatic rings. The third-order valence-corrected chi connectivity index (χ3v) is 18.5. The summed E-state index contributed by atoms with van der Waals surface area (Å²) in [5, 5.41) is 10.6. The van der Waals surface area contributed by atoms with Gasteiger partial charge in [0.05, 0.1) is 26.4 Å². The highest BCUT2D eigenvalue weighted by atomic mass is 31.2. The summed E-state index contributed by atoms with van der Waals surface area (Å²) in [7, 11) is -9.95. The Balaban J connectivity index is 5.32. The first-order valence-electron chi connectivity index (χ1n) is 39.5. The van der Waals surface area contributed by atoms with Crippen LogP contribution in [-0.2, 0) is 65.4 Å². The lowest BCUT2D eigenvalue weighted by atomic mass is 10.0. The number of rotatable bonds is 74. The van der Waals surface area contributed by atoms with Crippen molar-refractivity contribution in [2.45, 2.75) is 354 Å². The second-order valence-electron chi connectivity index (χ2n) is 26.3. The van der Waals surface area contributed by atoms with Gasteiger partial charge < -0.3 is 33.8 Å². The number of esters is 4. The van der Waals surface area contributed by atoms with E-state index >= 15 is 0 Å². The van der Waals surface area contributed by atoms with Crippen molar-refractivity contribution in [3.63, 3.8) is 0 Å². The van der Waals surface area contributed by atoms with Crippen LogP contribution in [0.4, 0.5) is 0 Å². The Bertz CT molecular complexity index is 2270. The van der Waals surface area contributed by atoms with Crippen molar-refractivity contribution in [2.75, 3.05) is 39.6 Å². The topological polar surface area (TPSA) is 237 Å². The van der Waals surface area contributed by atoms with E-state index in [-0.39, 0.29) is 25.7 Å². The lowest BCUT2D eigenvalue weighted by Gasteiger charge is -2.21. The molecule has 3 N–H and O–H groups in total. The summed E-state index contributed by atoms with van der Waals surface area (Å²) in [6, 6.07) is 0. The molecule has 0 aliphatic heterocycles. The monoisotopic (exact) mass is 1450 g/mol. The lowest BCUT2D eigenvalue weighted by Crippen LogP contribution is -2.30. The normalized spacial score (nSPS) is 14.4. The summed E-state index contributed by atoms with van der Waals surface area (Å²) in [4.78, 5) is 72.9. The van der Waals surface area contributed by atoms with Gasteiger partial charge in [-0.1, -0.05) is 305 Å². The lowest BCUT2D eigenvalue weighted by molar-refractivity contribution is -0.161. The van der Waals surface area contributed by atoms with Gasteiger partial charge in [-0.25, -0.2) is 9.13 Å². The number of hydrogen-bond donors (Lipinski definition) is 3. The third kappa shape index (κ3) is 72.3. The van der Waals surface area contributed by atoms with E-state index in [4.69, 9.17) is 37.0 Å². The first kappa shape index (κ1) is 96.0. The van der Waals surface area contributed by atoms with E-state index < -0.39 is 97.5 Å². The van der Waals surface area contributed by atoms with E-state index in [0.717, 1.165) is 167 Å². The Morgan fingerprint density at radius 1 is 0.290 bits per heavy atom. The fourth-order valence-electron chi connectivity index (χ4n) is 10.6. The number of ether oxygens (including phenoxy) is 4. The third-order valence-electron chi connectivity index (χ3n) is 16.6. The van der Waals surface area contributed by atoms with Gasteiger partial charge in [-0.15, -0.1) is 0 Å². The van der Waals surface area contributed by atoms with Crippen LogP contribution in [0, 0.1) is 0 Å². The van der Waals surface area contributed by atoms with Gasteiger partial charge >= 0.3 is 39.5 Å². The van der Waals surface area contributed by atoms with Crippen molar-refractivity contribution in [1.82, 2.24) is 0 Å². The van der Waals surface area contributed by atoms with Crippen molar-refractivity contribution >= 4 is 39.5 Å². The molecule has 0 bridgehead atoms. The van der Waals surface area contributed by atoms with E-state index in [1.807, 2.05) is 0 Å². The van der Waals surface area contributed by atoms with Gasteiger partial charge in [0.25, 0.3) is 0 Å². The summed E-state index contributed by atoms with van der Waals surface area (Å²) < 4.78 is 68.5. The molecule has 19 heteroatoms. The van der Waals surface area contributed by atoms with Crippen LogP contribution in [0.25, 0.3) is 0 Å². The van der Waals surface area contributed by atoms with Crippen LogP contribution in [0.2, 0.25) is 0 Å². The van der Waals surface area contributed by atoms with Crippen LogP contribution in [0.1, 0.15) is 336 Å². The zero-order chi connectivity index (χ0) is 73.2. The molecule has 0 aromatic heterocycles. The molecule has 0 spiro atoms. The number of aliphatic hydroxyl groups is 1. The highest BCUT2D eigenvalue weighted by Gasteiger charge is 2.30. The molecule has 0 fully saturated rings. The molecule has 5 atom stereocenters. The number of hydrogen-bond acceptors (Lipinski definition) is 15. The molecule has 0 aromatic carbocycles. The second-order valence-corrected chi connectivity index (χ2v) is 29.2. The van der Waals surface area contributed by atoms with Crippen molar-refractivity contribution < 1.29 is 80.2 Å². The maximum absolute atomic E-state index is 13.1.